The van der Waals surface area contributed by atoms with Crippen molar-refractivity contribution >= 4 is 48.9 Å². The summed E-state index contributed by atoms with van der Waals surface area (Å²) in [4.78, 5) is 24.3. The molecule has 3 heterocycles. The van der Waals surface area contributed by atoms with E-state index in [1.807, 2.05) is 110 Å². The maximum Gasteiger partial charge on any atom is 0.534 e. The molecule has 2 aliphatic carbocycles. The van der Waals surface area contributed by atoms with Crippen LogP contribution in [0.1, 0.15) is 197 Å². The molecule has 0 bridgehead atoms. The van der Waals surface area contributed by atoms with Gasteiger partial charge < -0.3 is 52.2 Å². The number of halogens is 5. The maximum atomic E-state index is 15.1. The molecule has 0 saturated carbocycles. The minimum Gasteiger partial charge on any atom is -0.444 e. The van der Waals surface area contributed by atoms with Crippen molar-refractivity contribution in [1.29, 1.82) is 0 Å². The summed E-state index contributed by atoms with van der Waals surface area (Å²) < 4.78 is 140. The van der Waals surface area contributed by atoms with Gasteiger partial charge in [0.1, 0.15) is 17.0 Å². The highest BCUT2D eigenvalue weighted by Gasteiger charge is 2.64. The molecule has 2 atom stereocenters. The molecule has 420 valence electrons. The summed E-state index contributed by atoms with van der Waals surface area (Å²) in [5.74, 6) is -2.68. The fourth-order valence-corrected chi connectivity index (χ4v) is 9.02. The summed E-state index contributed by atoms with van der Waals surface area (Å²) in [7, 11) is -7.69. The van der Waals surface area contributed by atoms with Crippen LogP contribution in [0, 0.1) is 11.6 Å². The van der Waals surface area contributed by atoms with Gasteiger partial charge in [0, 0.05) is 5.46 Å². The van der Waals surface area contributed by atoms with E-state index in [1.165, 1.54) is 6.07 Å². The Balaban J connectivity index is 0.000000214. The number of ether oxygens (including phenoxy) is 2. The van der Waals surface area contributed by atoms with Crippen LogP contribution in [0.15, 0.2) is 24.3 Å². The van der Waals surface area contributed by atoms with E-state index < -0.39 is 89.0 Å². The van der Waals surface area contributed by atoms with Gasteiger partial charge in [0.15, 0.2) is 11.6 Å². The van der Waals surface area contributed by atoms with Crippen molar-refractivity contribution in [3.63, 3.8) is 0 Å². The Morgan fingerprint density at radius 3 is 1.27 bits per heavy atom. The fraction of sp³-hybridized carbons (Fsp3) is 0.725. The first-order valence-corrected chi connectivity index (χ1v) is 27.0. The third-order valence-corrected chi connectivity index (χ3v) is 15.7. The summed E-state index contributed by atoms with van der Waals surface area (Å²) in [6.45, 7) is 34.5. The standard InChI is InChI=1S/C22H33BFNO4.C17H21F4NO5S.C12H24B2O4/c1-20(2,3)27-19(26)25-18-11-9-8-10-14-12-16(17(24)13-15(14)18)23-28-21(4,5)22(6,7)29-23;1-16(2,3)26-15(23)22-13-7-5-4-6-10-8-14(12(18)9-11(10)13)27-28(24,25)17(19,20)21;1-9(2)10(3,4)16-13(15-9)14-17-11(5,6)12(7,8)18-14/h12-13,18H,8-11H2,1-7H3,(H,25,26);8-9,13H,4-7H2,1-3H3,(H,22,23);1-8H3/t18-;13-;/m11./s1. The van der Waals surface area contributed by atoms with Gasteiger partial charge in [-0.15, -0.1) is 0 Å². The fourth-order valence-electron chi connectivity index (χ4n) is 8.56. The number of aryl methyl sites for hydroxylation is 2. The molecule has 5 aliphatic rings. The Hall–Kier alpha value is -3.67. The third-order valence-electron chi connectivity index (χ3n) is 14.7. The van der Waals surface area contributed by atoms with Gasteiger partial charge in [0.05, 0.1) is 45.7 Å². The lowest BCUT2D eigenvalue weighted by molar-refractivity contribution is -0.0501. The highest BCUT2D eigenvalue weighted by molar-refractivity contribution is 7.88. The lowest BCUT2D eigenvalue weighted by Gasteiger charge is -2.32. The summed E-state index contributed by atoms with van der Waals surface area (Å²) in [6, 6.07) is 4.30. The number of alkyl halides is 3. The number of fused-ring (bicyclic) bond motifs is 2. The van der Waals surface area contributed by atoms with Crippen molar-refractivity contribution in [1.82, 2.24) is 10.6 Å². The van der Waals surface area contributed by atoms with Crippen LogP contribution in [-0.4, -0.2) is 92.1 Å². The van der Waals surface area contributed by atoms with E-state index in [2.05, 4.69) is 14.8 Å². The van der Waals surface area contributed by atoms with Crippen LogP contribution in [-0.2, 0) is 60.4 Å². The molecular formula is C51H78B3F5N2O13S. The maximum absolute atomic E-state index is 15.1. The Morgan fingerprint density at radius 2 is 0.907 bits per heavy atom. The normalized spacial score (nSPS) is 23.4. The van der Waals surface area contributed by atoms with Crippen molar-refractivity contribution in [3.05, 3.63) is 58.2 Å². The SMILES string of the molecule is CC(C)(C)OC(=O)N[C@@H]1CCCCc2cc(B3OC(C)(C)C(C)(C)O3)c(F)cc21.CC(C)(C)OC(=O)N[C@@H]1CCCCc2cc(OS(=O)(=O)C(F)(F)F)c(F)cc21.CC1(C)OB(B2OC(C)(C)C(C)(C)O2)OC1(C)C. The van der Waals surface area contributed by atoms with Crippen LogP contribution in [0.2, 0.25) is 0 Å². The molecule has 0 spiro atoms. The number of nitrogens with one attached hydrogen (secondary N) is 2. The average Bonchev–Trinajstić information content (AvgIpc) is 3.49. The summed E-state index contributed by atoms with van der Waals surface area (Å²) >= 11 is 0. The predicted molar refractivity (Wildman–Crippen MR) is 276 cm³/mol. The number of rotatable bonds is 6. The molecule has 2 aromatic carbocycles. The van der Waals surface area contributed by atoms with E-state index in [9.17, 15) is 35.6 Å². The average molecular weight is 1090 g/mol. The van der Waals surface area contributed by atoms with Crippen molar-refractivity contribution in [2.75, 3.05) is 0 Å². The Bertz CT molecular complexity index is 2430. The Kier molecular flexibility index (Phi) is 18.1. The molecule has 3 saturated heterocycles. The Morgan fingerprint density at radius 1 is 0.560 bits per heavy atom. The molecule has 0 aromatic heterocycles. The molecule has 15 nitrogen and oxygen atoms in total. The Labute approximate surface area is 441 Å². The van der Waals surface area contributed by atoms with Crippen LogP contribution in [0.3, 0.4) is 0 Å². The van der Waals surface area contributed by atoms with E-state index >= 15 is 4.39 Å². The molecule has 3 aliphatic heterocycles. The summed E-state index contributed by atoms with van der Waals surface area (Å²) in [5, 5.41) is 5.55. The first kappa shape index (κ1) is 62.2. The quantitative estimate of drug-likeness (QED) is 0.0920. The number of amides is 2. The number of hydrogen-bond acceptors (Lipinski definition) is 13. The van der Waals surface area contributed by atoms with Crippen molar-refractivity contribution in [2.24, 2.45) is 0 Å². The number of benzene rings is 2. The first-order chi connectivity index (χ1) is 33.9. The van der Waals surface area contributed by atoms with E-state index in [0.717, 1.165) is 48.9 Å². The first-order valence-electron chi connectivity index (χ1n) is 25.6. The number of carbonyl (C=O) groups is 2. The van der Waals surface area contributed by atoms with E-state index in [0.29, 0.717) is 42.3 Å². The van der Waals surface area contributed by atoms with E-state index in [-0.39, 0.29) is 34.3 Å². The lowest BCUT2D eigenvalue weighted by atomic mass is 9.49. The van der Waals surface area contributed by atoms with Crippen LogP contribution < -0.4 is 20.3 Å². The van der Waals surface area contributed by atoms with Crippen molar-refractivity contribution in [3.8, 4) is 5.75 Å². The van der Waals surface area contributed by atoms with Gasteiger partial charge in [-0.2, -0.15) is 21.6 Å². The smallest absolute Gasteiger partial charge is 0.444 e. The van der Waals surface area contributed by atoms with Crippen LogP contribution in [0.4, 0.5) is 31.5 Å². The third kappa shape index (κ3) is 15.1. The molecule has 75 heavy (non-hydrogen) atoms. The zero-order valence-corrected chi connectivity index (χ0v) is 47.8. The van der Waals surface area contributed by atoms with E-state index in [1.54, 1.807) is 20.8 Å². The van der Waals surface area contributed by atoms with Crippen LogP contribution in [0.25, 0.3) is 0 Å². The monoisotopic (exact) mass is 1090 g/mol. The topological polar surface area (TPSA) is 175 Å². The van der Waals surface area contributed by atoms with Gasteiger partial charge in [-0.3, -0.25) is 0 Å². The second-order valence-corrected chi connectivity index (χ2v) is 26.3. The lowest BCUT2D eigenvalue weighted by Crippen LogP contribution is -2.41. The predicted octanol–water partition coefficient (Wildman–Crippen LogP) is 11.0. The van der Waals surface area contributed by atoms with Crippen molar-refractivity contribution in [2.45, 2.75) is 238 Å². The van der Waals surface area contributed by atoms with E-state index in [4.69, 9.17) is 37.4 Å². The molecule has 0 unspecified atom stereocenters. The van der Waals surface area contributed by atoms with Crippen LogP contribution >= 0.6 is 0 Å². The van der Waals surface area contributed by atoms with Gasteiger partial charge >= 0.3 is 48.9 Å². The second-order valence-electron chi connectivity index (χ2n) is 24.8. The zero-order valence-electron chi connectivity index (χ0n) is 47.0. The molecule has 2 amide bonds. The summed E-state index contributed by atoms with van der Waals surface area (Å²) in [5.41, 5.74) is -6.50. The number of carbonyl (C=O) groups excluding carboxylic acids is 2. The zero-order chi connectivity index (χ0) is 56.9. The molecule has 24 heteroatoms. The number of hydrogen-bond donors (Lipinski definition) is 2. The second kappa shape index (κ2) is 21.9. The summed E-state index contributed by atoms with van der Waals surface area (Å²) in [6.07, 6.45) is 4.42. The largest absolute Gasteiger partial charge is 0.534 e. The molecule has 2 aromatic rings. The van der Waals surface area contributed by atoms with Gasteiger partial charge in [-0.1, -0.05) is 18.9 Å². The van der Waals surface area contributed by atoms with Gasteiger partial charge in [0.25, 0.3) is 0 Å². The molecule has 3 fully saturated rings. The molecule has 2 N–H and O–H groups in total. The van der Waals surface area contributed by atoms with Gasteiger partial charge in [-0.05, 0) is 204 Å². The van der Waals surface area contributed by atoms with Crippen molar-refractivity contribution < 1.29 is 81.5 Å². The molecular weight excluding hydrogens is 1010 g/mol. The molecule has 7 rings (SSSR count). The minimum absolute atomic E-state index is 0.274. The highest BCUT2D eigenvalue weighted by atomic mass is 32.2. The van der Waals surface area contributed by atoms with Gasteiger partial charge in [-0.25, -0.2) is 18.4 Å². The van der Waals surface area contributed by atoms with Crippen LogP contribution in [0.5, 0.6) is 5.75 Å². The highest BCUT2D eigenvalue weighted by Crippen LogP contribution is 2.44. The van der Waals surface area contributed by atoms with Gasteiger partial charge in [0.2, 0.25) is 0 Å². The molecule has 0 radical (unpaired) electrons. The minimum atomic E-state index is -5.99. The number of alkyl carbamates (subject to hydrolysis) is 2.